The third-order valence-corrected chi connectivity index (χ3v) is 5.44. The van der Waals surface area contributed by atoms with Crippen molar-refractivity contribution in [2.24, 2.45) is 0 Å². The Bertz CT molecular complexity index is 817. The number of nitrogens with zero attached hydrogens (tertiary/aromatic N) is 2. The smallest absolute Gasteiger partial charge is 0.224 e. The maximum absolute atomic E-state index is 12.7. The predicted octanol–water partition coefficient (Wildman–Crippen LogP) is 3.42. The third kappa shape index (κ3) is 5.21. The third-order valence-electron chi connectivity index (χ3n) is 5.44. The van der Waals surface area contributed by atoms with Gasteiger partial charge < -0.3 is 24.6 Å². The van der Waals surface area contributed by atoms with Crippen molar-refractivity contribution >= 4 is 17.3 Å². The molecule has 1 aliphatic heterocycles. The van der Waals surface area contributed by atoms with Crippen LogP contribution in [0.25, 0.3) is 0 Å². The number of hydrogen-bond donors (Lipinski definition) is 1. The number of benzene rings is 2. The van der Waals surface area contributed by atoms with Gasteiger partial charge in [0.2, 0.25) is 5.91 Å². The Hall–Kier alpha value is -2.73. The number of piperazine rings is 1. The molecule has 0 radical (unpaired) electrons. The van der Waals surface area contributed by atoms with E-state index in [9.17, 15) is 4.79 Å². The molecule has 1 N–H and O–H groups in total. The van der Waals surface area contributed by atoms with Gasteiger partial charge in [0.1, 0.15) is 0 Å². The van der Waals surface area contributed by atoms with Crippen molar-refractivity contribution < 1.29 is 14.3 Å². The molecule has 3 rings (SSSR count). The molecule has 6 nitrogen and oxygen atoms in total. The number of amides is 1. The highest BCUT2D eigenvalue weighted by molar-refractivity contribution is 5.94. The molecular formula is C23H31N3O3. The molecule has 0 aromatic heterocycles. The van der Waals surface area contributed by atoms with Gasteiger partial charge in [-0.25, -0.2) is 0 Å². The van der Waals surface area contributed by atoms with Crippen LogP contribution in [0, 0.1) is 0 Å². The van der Waals surface area contributed by atoms with Gasteiger partial charge in [0, 0.05) is 32.6 Å². The van der Waals surface area contributed by atoms with Crippen molar-refractivity contribution in [3.05, 3.63) is 48.0 Å². The van der Waals surface area contributed by atoms with E-state index in [2.05, 4.69) is 28.1 Å². The molecular weight excluding hydrogens is 366 g/mol. The van der Waals surface area contributed by atoms with Crippen molar-refractivity contribution in [1.82, 2.24) is 4.90 Å². The highest BCUT2D eigenvalue weighted by atomic mass is 16.5. The number of likely N-dealkylation sites (N-methyl/N-ethyl adjacent to an activating group) is 1. The molecule has 2 aromatic carbocycles. The molecule has 0 bridgehead atoms. The predicted molar refractivity (Wildman–Crippen MR) is 117 cm³/mol. The number of carbonyl (C=O) groups excluding carboxylic acids is 1. The molecule has 6 heteroatoms. The molecule has 2 aromatic rings. The molecule has 0 aliphatic carbocycles. The molecule has 0 atom stereocenters. The zero-order chi connectivity index (χ0) is 20.6. The van der Waals surface area contributed by atoms with Gasteiger partial charge in [-0.15, -0.1) is 0 Å². The fourth-order valence-corrected chi connectivity index (χ4v) is 3.77. The number of anilines is 2. The molecule has 0 saturated carbocycles. The molecule has 29 heavy (non-hydrogen) atoms. The Morgan fingerprint density at radius 3 is 2.45 bits per heavy atom. The first kappa shape index (κ1) is 21.0. The Morgan fingerprint density at radius 2 is 1.76 bits per heavy atom. The number of methoxy groups -OCH3 is 2. The van der Waals surface area contributed by atoms with Gasteiger partial charge in [-0.05, 0) is 36.7 Å². The Labute approximate surface area is 173 Å². The first-order valence-corrected chi connectivity index (χ1v) is 10.2. The lowest BCUT2D eigenvalue weighted by molar-refractivity contribution is -0.116. The van der Waals surface area contributed by atoms with Crippen molar-refractivity contribution in [3.63, 3.8) is 0 Å². The number of nitrogens with one attached hydrogen (secondary N) is 1. The molecule has 0 spiro atoms. The number of ether oxygens (including phenoxy) is 2. The second-order valence-electron chi connectivity index (χ2n) is 7.14. The molecule has 1 heterocycles. The van der Waals surface area contributed by atoms with Crippen molar-refractivity contribution in [2.75, 3.05) is 57.2 Å². The second-order valence-corrected chi connectivity index (χ2v) is 7.14. The summed E-state index contributed by atoms with van der Waals surface area (Å²) in [5.74, 6) is 1.37. The van der Waals surface area contributed by atoms with E-state index in [1.807, 2.05) is 36.4 Å². The SMILES string of the molecule is CCN1CCN(c2ccccc2NC(=O)CCc2cccc(OC)c2OC)CC1. The summed E-state index contributed by atoms with van der Waals surface area (Å²) in [6.45, 7) is 7.33. The van der Waals surface area contributed by atoms with Gasteiger partial charge in [0.05, 0.1) is 25.6 Å². The van der Waals surface area contributed by atoms with E-state index in [-0.39, 0.29) is 5.91 Å². The van der Waals surface area contributed by atoms with Crippen LogP contribution in [-0.2, 0) is 11.2 Å². The fraction of sp³-hybridized carbons (Fsp3) is 0.435. The summed E-state index contributed by atoms with van der Waals surface area (Å²) in [5.41, 5.74) is 2.93. The average Bonchev–Trinajstić information content (AvgIpc) is 2.77. The minimum Gasteiger partial charge on any atom is -0.493 e. The number of hydrogen-bond acceptors (Lipinski definition) is 5. The lowest BCUT2D eigenvalue weighted by Gasteiger charge is -2.36. The van der Waals surface area contributed by atoms with Gasteiger partial charge in [0.15, 0.2) is 11.5 Å². The highest BCUT2D eigenvalue weighted by Gasteiger charge is 2.19. The van der Waals surface area contributed by atoms with Crippen molar-refractivity contribution in [2.45, 2.75) is 19.8 Å². The van der Waals surface area contributed by atoms with E-state index in [0.717, 1.165) is 49.7 Å². The largest absolute Gasteiger partial charge is 0.493 e. The summed E-state index contributed by atoms with van der Waals surface area (Å²) in [7, 11) is 3.24. The Balaban J connectivity index is 1.63. The molecule has 156 valence electrons. The fourth-order valence-electron chi connectivity index (χ4n) is 3.77. The monoisotopic (exact) mass is 397 g/mol. The van der Waals surface area contributed by atoms with Gasteiger partial charge in [-0.1, -0.05) is 31.2 Å². The van der Waals surface area contributed by atoms with Gasteiger partial charge >= 0.3 is 0 Å². The summed E-state index contributed by atoms with van der Waals surface area (Å²) < 4.78 is 10.8. The van der Waals surface area contributed by atoms with Crippen LogP contribution >= 0.6 is 0 Å². The molecule has 1 amide bonds. The van der Waals surface area contributed by atoms with E-state index < -0.39 is 0 Å². The first-order valence-electron chi connectivity index (χ1n) is 10.2. The van der Waals surface area contributed by atoms with Crippen LogP contribution in [0.5, 0.6) is 11.5 Å². The van der Waals surface area contributed by atoms with Gasteiger partial charge in [-0.3, -0.25) is 4.79 Å². The number of carbonyl (C=O) groups is 1. The van der Waals surface area contributed by atoms with Crippen LogP contribution in [0.3, 0.4) is 0 Å². The highest BCUT2D eigenvalue weighted by Crippen LogP contribution is 2.32. The summed E-state index contributed by atoms with van der Waals surface area (Å²) >= 11 is 0. The Kier molecular flexibility index (Phi) is 7.36. The lowest BCUT2D eigenvalue weighted by Crippen LogP contribution is -2.46. The molecule has 0 unspecified atom stereocenters. The van der Waals surface area contributed by atoms with Crippen LogP contribution in [-0.4, -0.2) is 57.8 Å². The molecule has 1 saturated heterocycles. The summed E-state index contributed by atoms with van der Waals surface area (Å²) in [4.78, 5) is 17.5. The van der Waals surface area contributed by atoms with Crippen LogP contribution in [0.2, 0.25) is 0 Å². The van der Waals surface area contributed by atoms with Crippen molar-refractivity contribution in [1.29, 1.82) is 0 Å². The quantitative estimate of drug-likeness (QED) is 0.740. The normalized spacial score (nSPS) is 14.5. The maximum Gasteiger partial charge on any atom is 0.224 e. The molecule has 1 fully saturated rings. The van der Waals surface area contributed by atoms with E-state index in [4.69, 9.17) is 9.47 Å². The van der Waals surface area contributed by atoms with Gasteiger partial charge in [0.25, 0.3) is 0 Å². The second kappa shape index (κ2) is 10.2. The van der Waals surface area contributed by atoms with E-state index in [1.54, 1.807) is 14.2 Å². The molecule has 1 aliphatic rings. The van der Waals surface area contributed by atoms with Crippen LogP contribution in [0.1, 0.15) is 18.9 Å². The minimum atomic E-state index is -0.00508. The Morgan fingerprint density at radius 1 is 1.00 bits per heavy atom. The topological polar surface area (TPSA) is 54.0 Å². The number of aryl methyl sites for hydroxylation is 1. The zero-order valence-corrected chi connectivity index (χ0v) is 17.6. The van der Waals surface area contributed by atoms with Crippen LogP contribution in [0.15, 0.2) is 42.5 Å². The number of para-hydroxylation sites is 3. The van der Waals surface area contributed by atoms with E-state index in [1.165, 1.54) is 0 Å². The lowest BCUT2D eigenvalue weighted by atomic mass is 10.1. The summed E-state index contributed by atoms with van der Waals surface area (Å²) in [6.07, 6.45) is 0.963. The minimum absolute atomic E-state index is 0.00508. The standard InChI is InChI=1S/C23H31N3O3/c1-4-25-14-16-26(17-15-25)20-10-6-5-9-19(20)24-22(27)13-12-18-8-7-11-21(28-2)23(18)29-3/h5-11H,4,12-17H2,1-3H3,(H,24,27). The van der Waals surface area contributed by atoms with Crippen LogP contribution < -0.4 is 19.7 Å². The van der Waals surface area contributed by atoms with Crippen LogP contribution in [0.4, 0.5) is 11.4 Å². The van der Waals surface area contributed by atoms with E-state index in [0.29, 0.717) is 24.3 Å². The zero-order valence-electron chi connectivity index (χ0n) is 17.6. The summed E-state index contributed by atoms with van der Waals surface area (Å²) in [5, 5.41) is 3.10. The van der Waals surface area contributed by atoms with Gasteiger partial charge in [-0.2, -0.15) is 0 Å². The number of rotatable bonds is 8. The maximum atomic E-state index is 12.7. The average molecular weight is 398 g/mol. The van der Waals surface area contributed by atoms with Crippen molar-refractivity contribution in [3.8, 4) is 11.5 Å². The first-order chi connectivity index (χ1) is 14.2. The summed E-state index contributed by atoms with van der Waals surface area (Å²) in [6, 6.07) is 13.8. The van der Waals surface area contributed by atoms with E-state index >= 15 is 0 Å².